The first-order valence-corrected chi connectivity index (χ1v) is 5.68. The van der Waals surface area contributed by atoms with Gasteiger partial charge in [-0.15, -0.1) is 0 Å². The lowest BCUT2D eigenvalue weighted by Crippen LogP contribution is -2.31. The molecular weight excluding hydrogens is 200 g/mol. The quantitative estimate of drug-likeness (QED) is 0.545. The number of halogens is 1. The van der Waals surface area contributed by atoms with Crippen molar-refractivity contribution in [3.8, 4) is 0 Å². The van der Waals surface area contributed by atoms with E-state index in [1.165, 1.54) is 12.8 Å². The molecule has 0 aliphatic heterocycles. The maximum atomic E-state index is 9.71. The van der Waals surface area contributed by atoms with Gasteiger partial charge in [-0.2, -0.15) is 0 Å². The van der Waals surface area contributed by atoms with Crippen LogP contribution in [0.3, 0.4) is 0 Å². The Bertz CT molecular complexity index is 159. The van der Waals surface area contributed by atoms with Crippen molar-refractivity contribution in [1.82, 2.24) is 0 Å². The third-order valence-electron chi connectivity index (χ3n) is 2.99. The smallest absolute Gasteiger partial charge is 0.208 e. The average Bonchev–Trinajstić information content (AvgIpc) is 2.04. The zero-order valence-corrected chi connectivity index (χ0v) is 10.00. The lowest BCUT2D eigenvalue weighted by atomic mass is 9.75. The molecule has 1 fully saturated rings. The normalized spacial score (nSPS) is 32.0. The van der Waals surface area contributed by atoms with Crippen molar-refractivity contribution in [2.75, 3.05) is 0 Å². The summed E-state index contributed by atoms with van der Waals surface area (Å²) < 4.78 is 0. The van der Waals surface area contributed by atoms with Crippen LogP contribution in [0.25, 0.3) is 0 Å². The van der Waals surface area contributed by atoms with Gasteiger partial charge in [0, 0.05) is 0 Å². The van der Waals surface area contributed by atoms with E-state index in [9.17, 15) is 5.11 Å². The van der Waals surface area contributed by atoms with E-state index in [0.29, 0.717) is 11.8 Å². The molecule has 0 spiro atoms. The number of rotatable bonds is 1. The van der Waals surface area contributed by atoms with Gasteiger partial charge in [0.1, 0.15) is 0 Å². The van der Waals surface area contributed by atoms with Gasteiger partial charge in [0.2, 0.25) is 5.75 Å². The molecule has 1 saturated carbocycles. The molecule has 1 rings (SSSR count). The predicted molar refractivity (Wildman–Crippen MR) is 60.0 cm³/mol. The molecule has 0 amide bonds. The van der Waals surface area contributed by atoms with Gasteiger partial charge >= 0.3 is 0 Å². The highest BCUT2D eigenvalue weighted by Crippen LogP contribution is 2.33. The molecule has 3 atom stereocenters. The summed E-state index contributed by atoms with van der Waals surface area (Å²) >= 11 is 4.32. The van der Waals surface area contributed by atoms with Crippen LogP contribution in [0.4, 0.5) is 0 Å². The summed E-state index contributed by atoms with van der Waals surface area (Å²) in [6.45, 7) is 6.66. The maximum absolute atomic E-state index is 9.71. The molecule has 14 heavy (non-hydrogen) atoms. The van der Waals surface area contributed by atoms with Crippen LogP contribution < -0.4 is 0 Å². The first-order valence-electron chi connectivity index (χ1n) is 5.24. The highest BCUT2D eigenvalue weighted by Gasteiger charge is 2.28. The Balaban J connectivity index is 0.000000500. The zero-order valence-electron chi connectivity index (χ0n) is 9.24. The standard InChI is InChI=1S/C10H20O.CHClO/c1-7(2)9-5-4-8(3)6-10(9)11;2-1-3/h7-11H,4-6H2,1-3H3;1H/t8-,9+,10-;/m1./s1. The first kappa shape index (κ1) is 13.9. The number of carbonyl (C=O) groups excluding carboxylic acids is 1. The number of aliphatic hydroxyl groups is 1. The van der Waals surface area contributed by atoms with Gasteiger partial charge in [-0.05, 0) is 42.2 Å². The summed E-state index contributed by atoms with van der Waals surface area (Å²) in [6, 6.07) is 0. The van der Waals surface area contributed by atoms with Crippen molar-refractivity contribution < 1.29 is 9.90 Å². The average molecular weight is 221 g/mol. The van der Waals surface area contributed by atoms with Crippen molar-refractivity contribution in [3.63, 3.8) is 0 Å². The third kappa shape index (κ3) is 4.97. The molecule has 0 aromatic heterocycles. The number of hydrogen-bond acceptors (Lipinski definition) is 2. The molecule has 1 aliphatic carbocycles. The second kappa shape index (κ2) is 7.24. The van der Waals surface area contributed by atoms with Crippen LogP contribution >= 0.6 is 11.6 Å². The second-order valence-corrected chi connectivity index (χ2v) is 4.66. The van der Waals surface area contributed by atoms with Gasteiger partial charge in [-0.25, -0.2) is 0 Å². The summed E-state index contributed by atoms with van der Waals surface area (Å²) in [4.78, 5) is 8.57. The maximum Gasteiger partial charge on any atom is 0.208 e. The molecule has 0 unspecified atom stereocenters. The molecule has 1 aliphatic rings. The van der Waals surface area contributed by atoms with E-state index >= 15 is 0 Å². The van der Waals surface area contributed by atoms with E-state index in [-0.39, 0.29) is 11.8 Å². The third-order valence-corrected chi connectivity index (χ3v) is 2.99. The Morgan fingerprint density at radius 3 is 2.29 bits per heavy atom. The SMILES string of the molecule is CC(C)[C@@H]1CC[C@@H](C)C[C@H]1O.O=CCl. The Morgan fingerprint density at radius 2 is 1.93 bits per heavy atom. The number of hydrogen-bond donors (Lipinski definition) is 1. The molecule has 0 bridgehead atoms. The fourth-order valence-corrected chi connectivity index (χ4v) is 2.15. The van der Waals surface area contributed by atoms with Crippen molar-refractivity contribution in [1.29, 1.82) is 0 Å². The van der Waals surface area contributed by atoms with Crippen LogP contribution in [0, 0.1) is 17.8 Å². The molecule has 84 valence electrons. The molecule has 0 aromatic rings. The lowest BCUT2D eigenvalue weighted by Gasteiger charge is -2.33. The molecule has 0 heterocycles. The van der Waals surface area contributed by atoms with Crippen molar-refractivity contribution in [3.05, 3.63) is 0 Å². The number of carbonyl (C=O) groups is 1. The van der Waals surface area contributed by atoms with Crippen LogP contribution in [-0.4, -0.2) is 17.0 Å². The minimum Gasteiger partial charge on any atom is -0.393 e. The Labute approximate surface area is 91.6 Å². The monoisotopic (exact) mass is 220 g/mol. The van der Waals surface area contributed by atoms with Crippen LogP contribution in [0.2, 0.25) is 0 Å². The molecule has 3 heteroatoms. The lowest BCUT2D eigenvalue weighted by molar-refractivity contribution is 0.0266. The van der Waals surface area contributed by atoms with Crippen LogP contribution in [-0.2, 0) is 4.79 Å². The summed E-state index contributed by atoms with van der Waals surface area (Å²) in [5, 5.41) is 9.71. The topological polar surface area (TPSA) is 37.3 Å². The molecule has 0 saturated heterocycles. The van der Waals surface area contributed by atoms with Gasteiger partial charge in [0.15, 0.2) is 0 Å². The van der Waals surface area contributed by atoms with E-state index < -0.39 is 0 Å². The van der Waals surface area contributed by atoms with Crippen molar-refractivity contribution >= 4 is 17.3 Å². The molecule has 1 N–H and O–H groups in total. The second-order valence-electron chi connectivity index (χ2n) is 4.48. The Hall–Kier alpha value is -0.0800. The molecule has 0 radical (unpaired) electrons. The summed E-state index contributed by atoms with van der Waals surface area (Å²) in [5.41, 5.74) is 0. The van der Waals surface area contributed by atoms with Gasteiger partial charge in [0.05, 0.1) is 6.10 Å². The number of aliphatic hydroxyl groups excluding tert-OH is 1. The minimum atomic E-state index is -0.0289. The van der Waals surface area contributed by atoms with E-state index in [0.717, 1.165) is 12.3 Å². The summed E-state index contributed by atoms with van der Waals surface area (Å²) in [5.74, 6) is 2.17. The van der Waals surface area contributed by atoms with Crippen molar-refractivity contribution in [2.45, 2.75) is 46.1 Å². The van der Waals surface area contributed by atoms with E-state index in [2.05, 4.69) is 32.4 Å². The van der Waals surface area contributed by atoms with Crippen molar-refractivity contribution in [2.24, 2.45) is 17.8 Å². The van der Waals surface area contributed by atoms with Gasteiger partial charge in [-0.3, -0.25) is 4.79 Å². The summed E-state index contributed by atoms with van der Waals surface area (Å²) in [7, 11) is 0. The van der Waals surface area contributed by atoms with Gasteiger partial charge < -0.3 is 5.11 Å². The molecule has 0 aromatic carbocycles. The highest BCUT2D eigenvalue weighted by molar-refractivity contribution is 6.54. The Morgan fingerprint density at radius 1 is 1.43 bits per heavy atom. The zero-order chi connectivity index (χ0) is 11.1. The van der Waals surface area contributed by atoms with E-state index in [1.54, 1.807) is 0 Å². The minimum absolute atomic E-state index is 0.0289. The van der Waals surface area contributed by atoms with Crippen LogP contribution in [0.15, 0.2) is 0 Å². The van der Waals surface area contributed by atoms with Crippen LogP contribution in [0.5, 0.6) is 0 Å². The largest absolute Gasteiger partial charge is 0.393 e. The van der Waals surface area contributed by atoms with Gasteiger partial charge in [0.25, 0.3) is 0 Å². The highest BCUT2D eigenvalue weighted by atomic mass is 35.5. The summed E-state index contributed by atoms with van der Waals surface area (Å²) in [6.07, 6.45) is 3.52. The van der Waals surface area contributed by atoms with E-state index in [1.807, 2.05) is 0 Å². The molecular formula is C11H21ClO2. The fourth-order valence-electron chi connectivity index (χ4n) is 2.15. The van der Waals surface area contributed by atoms with E-state index in [4.69, 9.17) is 4.79 Å². The molecule has 2 nitrogen and oxygen atoms in total. The Kier molecular flexibility index (Phi) is 7.20. The van der Waals surface area contributed by atoms with Crippen LogP contribution in [0.1, 0.15) is 40.0 Å². The predicted octanol–water partition coefficient (Wildman–Crippen LogP) is 2.85. The fraction of sp³-hybridized carbons (Fsp3) is 0.909. The first-order chi connectivity index (χ1) is 6.52. The van der Waals surface area contributed by atoms with Gasteiger partial charge in [-0.1, -0.05) is 27.2 Å².